The molecule has 0 unspecified atom stereocenters. The minimum absolute atomic E-state index is 0.0763. The van der Waals surface area contributed by atoms with E-state index in [1.807, 2.05) is 0 Å². The number of carboxylic acid groups (broad SMARTS) is 2. The molecule has 1 aromatic heterocycles. The van der Waals surface area contributed by atoms with E-state index in [4.69, 9.17) is 46.4 Å². The smallest absolute Gasteiger partial charge is 0.330 e. The van der Waals surface area contributed by atoms with Gasteiger partial charge in [0.05, 0.1) is 31.2 Å². The minimum atomic E-state index is -1.70. The van der Waals surface area contributed by atoms with Gasteiger partial charge < -0.3 is 25.4 Å². The normalized spacial score (nSPS) is 12.2. The number of aromatic nitrogens is 2. The van der Waals surface area contributed by atoms with Crippen molar-refractivity contribution in [1.82, 2.24) is 19.8 Å². The van der Waals surface area contributed by atoms with Crippen LogP contribution in [0.2, 0.25) is 20.1 Å². The monoisotopic (exact) mass is 1050 g/mol. The van der Waals surface area contributed by atoms with Crippen LogP contribution in [0.25, 0.3) is 54.9 Å². The maximum absolute atomic E-state index is 14.5. The summed E-state index contributed by atoms with van der Waals surface area (Å²) >= 11 is 26.8. The number of carbonyl (C=O) groups is 4. The van der Waals surface area contributed by atoms with Gasteiger partial charge in [-0.25, -0.2) is 27.6 Å². The number of nitrogens with zero attached hydrogens (tertiary/aromatic N) is 2. The molecular formula is C53H37Cl4F3N4O8. The molecule has 2 amide bonds. The SMILES string of the molecule is Cc1c(-c2ccc(C[C@H](NC(=O)c3c(Cl)ccc(-c4ccc5c(C[C@H](NC(=O)c6c(F)cccc6F)C(=O)O)ccc(-c6c(Cl)cc(F)cc6Cl)c5c4)c3Cl)C(=O)O)c3ccccc23)c(=O)n(C)c(=O)n1C. The van der Waals surface area contributed by atoms with E-state index in [0.29, 0.717) is 55.1 Å². The zero-order valence-electron chi connectivity index (χ0n) is 37.8. The fraction of sp³-hybridized carbons (Fsp3) is 0.132. The lowest BCUT2D eigenvalue weighted by molar-refractivity contribution is -0.140. The van der Waals surface area contributed by atoms with Gasteiger partial charge in [-0.05, 0) is 92.7 Å². The number of aliphatic carboxylic acids is 2. The first-order valence-electron chi connectivity index (χ1n) is 21.7. The van der Waals surface area contributed by atoms with E-state index in [-0.39, 0.29) is 48.8 Å². The van der Waals surface area contributed by atoms with Crippen LogP contribution in [0, 0.1) is 24.4 Å². The van der Waals surface area contributed by atoms with Gasteiger partial charge in [-0.1, -0.05) is 119 Å². The van der Waals surface area contributed by atoms with Crippen LogP contribution in [-0.2, 0) is 36.5 Å². The van der Waals surface area contributed by atoms with Gasteiger partial charge in [0.2, 0.25) is 0 Å². The Morgan fingerprint density at radius 1 is 0.569 bits per heavy atom. The van der Waals surface area contributed by atoms with Crippen molar-refractivity contribution < 1.29 is 42.6 Å². The highest BCUT2D eigenvalue weighted by molar-refractivity contribution is 6.42. The minimum Gasteiger partial charge on any atom is -0.480 e. The number of rotatable bonds is 13. The molecule has 0 saturated carbocycles. The van der Waals surface area contributed by atoms with Gasteiger partial charge in [0, 0.05) is 43.8 Å². The molecule has 0 fully saturated rings. The summed E-state index contributed by atoms with van der Waals surface area (Å²) in [5.41, 5.74) is 0.953. The second-order valence-corrected chi connectivity index (χ2v) is 18.4. The Kier molecular flexibility index (Phi) is 14.4. The molecule has 72 heavy (non-hydrogen) atoms. The maximum atomic E-state index is 14.5. The summed E-state index contributed by atoms with van der Waals surface area (Å²) in [4.78, 5) is 78.8. The van der Waals surface area contributed by atoms with Crippen LogP contribution in [0.5, 0.6) is 0 Å². The highest BCUT2D eigenvalue weighted by Gasteiger charge is 2.29. The summed E-state index contributed by atoms with van der Waals surface area (Å²) in [5.74, 6) is -8.26. The van der Waals surface area contributed by atoms with Gasteiger partial charge in [-0.2, -0.15) is 0 Å². The molecule has 0 aliphatic heterocycles. The first-order valence-corrected chi connectivity index (χ1v) is 23.2. The standard InChI is InChI=1S/C53H37Cl4F3N4O8/c1-24-43(50(67)64(3)53(72)63(24)2)33-15-12-26(29-7-4-5-8-32(29)33)20-41(51(68)69)61-48(65)45-36(54)18-17-31(47(45)57)25-11-14-30-27(13-16-34(35(30)19-25)44-37(55)22-28(58)23-38(44)56)21-42(52(70)71)62-49(66)46-39(59)9-6-10-40(46)60/h4-19,22-23,41-42H,20-21H2,1-3H3,(H,61,65)(H,62,66)(H,68,69)(H,70,71)/t41-,42-/m0/s1. The molecule has 366 valence electrons. The second-order valence-electron chi connectivity index (χ2n) is 16.8. The first kappa shape index (κ1) is 50.9. The van der Waals surface area contributed by atoms with Crippen LogP contribution >= 0.6 is 46.4 Å². The lowest BCUT2D eigenvalue weighted by Crippen LogP contribution is -2.43. The Morgan fingerprint density at radius 3 is 1.65 bits per heavy atom. The molecule has 0 radical (unpaired) electrons. The Morgan fingerprint density at radius 2 is 1.08 bits per heavy atom. The Bertz CT molecular complexity index is 3710. The quantitative estimate of drug-likeness (QED) is 0.0882. The number of carboxylic acids is 2. The van der Waals surface area contributed by atoms with Crippen LogP contribution in [0.1, 0.15) is 37.5 Å². The van der Waals surface area contributed by atoms with E-state index in [9.17, 15) is 52.2 Å². The fourth-order valence-corrected chi connectivity index (χ4v) is 10.1. The molecule has 12 nitrogen and oxygen atoms in total. The lowest BCUT2D eigenvalue weighted by Gasteiger charge is -2.20. The number of nitrogens with one attached hydrogen (secondary N) is 2. The van der Waals surface area contributed by atoms with Gasteiger partial charge >= 0.3 is 17.6 Å². The summed E-state index contributed by atoms with van der Waals surface area (Å²) in [5, 5.41) is 26.9. The molecule has 0 saturated heterocycles. The van der Waals surface area contributed by atoms with E-state index in [1.165, 1.54) is 29.8 Å². The largest absolute Gasteiger partial charge is 0.480 e. The van der Waals surface area contributed by atoms with Crippen LogP contribution in [0.15, 0.2) is 119 Å². The Labute approximate surface area is 426 Å². The average Bonchev–Trinajstić information content (AvgIpc) is 3.32. The van der Waals surface area contributed by atoms with E-state index in [1.54, 1.807) is 74.6 Å². The molecule has 2 atom stereocenters. The zero-order valence-corrected chi connectivity index (χ0v) is 40.9. The molecule has 0 spiro atoms. The Hall–Kier alpha value is -7.43. The van der Waals surface area contributed by atoms with Crippen molar-refractivity contribution >= 4 is 91.7 Å². The van der Waals surface area contributed by atoms with E-state index >= 15 is 0 Å². The highest BCUT2D eigenvalue weighted by Crippen LogP contribution is 2.43. The number of carbonyl (C=O) groups excluding carboxylic acids is 2. The van der Waals surface area contributed by atoms with Crippen molar-refractivity contribution in [2.45, 2.75) is 31.8 Å². The van der Waals surface area contributed by atoms with Crippen molar-refractivity contribution in [2.24, 2.45) is 14.1 Å². The number of fused-ring (bicyclic) bond motifs is 2. The van der Waals surface area contributed by atoms with Crippen LogP contribution in [0.4, 0.5) is 13.2 Å². The van der Waals surface area contributed by atoms with E-state index in [0.717, 1.165) is 34.9 Å². The van der Waals surface area contributed by atoms with E-state index in [2.05, 4.69) is 10.6 Å². The molecule has 0 aliphatic rings. The summed E-state index contributed by atoms with van der Waals surface area (Å²) in [7, 11) is 2.93. The molecule has 8 rings (SSSR count). The average molecular weight is 1060 g/mol. The van der Waals surface area contributed by atoms with Crippen LogP contribution in [0.3, 0.4) is 0 Å². The van der Waals surface area contributed by atoms with E-state index < -0.39 is 76.5 Å². The highest BCUT2D eigenvalue weighted by atomic mass is 35.5. The number of benzene rings is 7. The molecule has 8 aromatic rings. The van der Waals surface area contributed by atoms with Crippen LogP contribution < -0.4 is 21.9 Å². The molecule has 0 bridgehead atoms. The van der Waals surface area contributed by atoms with Gasteiger partial charge in [0.1, 0.15) is 35.1 Å². The van der Waals surface area contributed by atoms with Crippen molar-refractivity contribution in [2.75, 3.05) is 0 Å². The molecule has 4 N–H and O–H groups in total. The third-order valence-corrected chi connectivity index (χ3v) is 13.8. The fourth-order valence-electron chi connectivity index (χ4n) is 8.79. The summed E-state index contributed by atoms with van der Waals surface area (Å²) in [6.07, 6.45) is -0.624. The number of amides is 2. The van der Waals surface area contributed by atoms with Gasteiger partial charge in [-0.3, -0.25) is 19.0 Å². The second kappa shape index (κ2) is 20.4. The van der Waals surface area contributed by atoms with Crippen LogP contribution in [-0.4, -0.2) is 55.2 Å². The van der Waals surface area contributed by atoms with Crippen molar-refractivity contribution in [3.63, 3.8) is 0 Å². The molecule has 1 heterocycles. The summed E-state index contributed by atoms with van der Waals surface area (Å²) in [6.45, 7) is 1.66. The van der Waals surface area contributed by atoms with Crippen molar-refractivity contribution in [1.29, 1.82) is 0 Å². The topological polar surface area (TPSA) is 177 Å². The molecule has 0 aliphatic carbocycles. The predicted octanol–water partition coefficient (Wildman–Crippen LogP) is 10.6. The summed E-state index contributed by atoms with van der Waals surface area (Å²) < 4.78 is 45.9. The zero-order chi connectivity index (χ0) is 52.0. The van der Waals surface area contributed by atoms with Crippen molar-refractivity contribution in [3.05, 3.63) is 196 Å². The van der Waals surface area contributed by atoms with Crippen molar-refractivity contribution in [3.8, 4) is 33.4 Å². The number of hydrogen-bond acceptors (Lipinski definition) is 6. The number of halogens is 7. The third-order valence-electron chi connectivity index (χ3n) is 12.5. The number of hydrogen-bond donors (Lipinski definition) is 4. The predicted molar refractivity (Wildman–Crippen MR) is 271 cm³/mol. The third kappa shape index (κ3) is 9.55. The first-order chi connectivity index (χ1) is 34.2. The Balaban J connectivity index is 1.16. The molecule has 7 aromatic carbocycles. The summed E-state index contributed by atoms with van der Waals surface area (Å²) in [6, 6.07) is 22.7. The van der Waals surface area contributed by atoms with Gasteiger partial charge in [0.15, 0.2) is 0 Å². The molecule has 19 heteroatoms. The lowest BCUT2D eigenvalue weighted by atomic mass is 9.89. The molecular weight excluding hydrogens is 1020 g/mol. The maximum Gasteiger partial charge on any atom is 0.330 e. The van der Waals surface area contributed by atoms with Gasteiger partial charge in [0.25, 0.3) is 17.4 Å². The van der Waals surface area contributed by atoms with Gasteiger partial charge in [-0.15, -0.1) is 0 Å².